The van der Waals surface area contributed by atoms with Crippen molar-refractivity contribution in [2.45, 2.75) is 4.90 Å². The molecule has 0 aromatic heterocycles. The first-order chi connectivity index (χ1) is 16.0. The van der Waals surface area contributed by atoms with Gasteiger partial charge in [0.05, 0.1) is 4.90 Å². The number of rotatable bonds is 8. The molecule has 0 bridgehead atoms. The van der Waals surface area contributed by atoms with Crippen molar-refractivity contribution >= 4 is 27.3 Å². The van der Waals surface area contributed by atoms with Gasteiger partial charge in [-0.15, -0.1) is 0 Å². The van der Waals surface area contributed by atoms with Crippen LogP contribution in [0.2, 0.25) is 0 Å². The van der Waals surface area contributed by atoms with E-state index in [1.165, 1.54) is 24.3 Å². The van der Waals surface area contributed by atoms with Crippen molar-refractivity contribution in [2.75, 3.05) is 16.6 Å². The lowest BCUT2D eigenvalue weighted by Gasteiger charge is -2.10. The molecule has 0 unspecified atom stereocenters. The van der Waals surface area contributed by atoms with Gasteiger partial charge >= 0.3 is 0 Å². The summed E-state index contributed by atoms with van der Waals surface area (Å²) in [5.41, 5.74) is 3.11. The van der Waals surface area contributed by atoms with Crippen LogP contribution in [0.15, 0.2) is 114 Å². The lowest BCUT2D eigenvalue weighted by Crippen LogP contribution is -2.20. The smallest absolute Gasteiger partial charge is 0.262 e. The molecule has 0 saturated heterocycles. The zero-order valence-electron chi connectivity index (χ0n) is 17.6. The number of carbonyl (C=O) groups is 1. The van der Waals surface area contributed by atoms with E-state index in [0.717, 1.165) is 11.1 Å². The molecule has 0 heterocycles. The number of benzene rings is 4. The van der Waals surface area contributed by atoms with Crippen LogP contribution in [0.1, 0.15) is 0 Å². The molecule has 7 heteroatoms. The van der Waals surface area contributed by atoms with E-state index in [4.69, 9.17) is 4.74 Å². The third-order valence-electron chi connectivity index (χ3n) is 4.81. The van der Waals surface area contributed by atoms with E-state index in [0.29, 0.717) is 17.1 Å². The van der Waals surface area contributed by atoms with Gasteiger partial charge in [-0.2, -0.15) is 0 Å². The number of nitrogens with one attached hydrogen (secondary N) is 2. The number of anilines is 2. The molecule has 2 N–H and O–H groups in total. The lowest BCUT2D eigenvalue weighted by molar-refractivity contribution is -0.118. The maximum atomic E-state index is 12.5. The first-order valence-corrected chi connectivity index (χ1v) is 11.7. The zero-order valence-corrected chi connectivity index (χ0v) is 18.5. The Hall–Kier alpha value is -4.10. The Kier molecular flexibility index (Phi) is 6.71. The predicted octanol–water partition coefficient (Wildman–Crippen LogP) is 5.17. The highest BCUT2D eigenvalue weighted by Gasteiger charge is 2.14. The van der Waals surface area contributed by atoms with Gasteiger partial charge in [-0.25, -0.2) is 8.42 Å². The third-order valence-corrected chi connectivity index (χ3v) is 6.20. The Bertz CT molecular complexity index is 1310. The minimum Gasteiger partial charge on any atom is -0.484 e. The first-order valence-electron chi connectivity index (χ1n) is 10.3. The van der Waals surface area contributed by atoms with Gasteiger partial charge in [-0.1, -0.05) is 60.7 Å². The van der Waals surface area contributed by atoms with Gasteiger partial charge in [0.1, 0.15) is 5.75 Å². The summed E-state index contributed by atoms with van der Waals surface area (Å²) in [6.07, 6.45) is 0. The molecule has 6 nitrogen and oxygen atoms in total. The van der Waals surface area contributed by atoms with Crippen molar-refractivity contribution in [3.63, 3.8) is 0 Å². The molecule has 0 aliphatic heterocycles. The Labute approximate surface area is 192 Å². The van der Waals surface area contributed by atoms with E-state index in [1.54, 1.807) is 30.3 Å². The maximum absolute atomic E-state index is 12.5. The summed E-state index contributed by atoms with van der Waals surface area (Å²) >= 11 is 0. The molecule has 4 aromatic carbocycles. The number of hydrogen-bond acceptors (Lipinski definition) is 4. The fraction of sp³-hybridized carbons (Fsp3) is 0.0385. The molecule has 0 aliphatic rings. The zero-order chi connectivity index (χ0) is 23.1. The number of carbonyl (C=O) groups excluding carboxylic acids is 1. The Morgan fingerprint density at radius 1 is 0.667 bits per heavy atom. The van der Waals surface area contributed by atoms with Crippen molar-refractivity contribution < 1.29 is 17.9 Å². The monoisotopic (exact) mass is 458 g/mol. The normalized spacial score (nSPS) is 10.9. The van der Waals surface area contributed by atoms with E-state index in [1.807, 2.05) is 54.6 Å². The van der Waals surface area contributed by atoms with Gasteiger partial charge < -0.3 is 10.1 Å². The first kappa shape index (κ1) is 22.1. The van der Waals surface area contributed by atoms with Crippen LogP contribution in [0.3, 0.4) is 0 Å². The van der Waals surface area contributed by atoms with E-state index >= 15 is 0 Å². The molecular weight excluding hydrogens is 436 g/mol. The predicted molar refractivity (Wildman–Crippen MR) is 130 cm³/mol. The molecule has 0 saturated carbocycles. The third kappa shape index (κ3) is 5.99. The summed E-state index contributed by atoms with van der Waals surface area (Å²) in [6, 6.07) is 32.0. The molecule has 33 heavy (non-hydrogen) atoms. The highest BCUT2D eigenvalue weighted by atomic mass is 32.2. The van der Waals surface area contributed by atoms with Crippen LogP contribution < -0.4 is 14.8 Å². The molecule has 0 aliphatic carbocycles. The van der Waals surface area contributed by atoms with Crippen molar-refractivity contribution in [3.05, 3.63) is 109 Å². The average molecular weight is 459 g/mol. The van der Waals surface area contributed by atoms with Crippen molar-refractivity contribution in [1.29, 1.82) is 0 Å². The minimum atomic E-state index is -3.72. The van der Waals surface area contributed by atoms with E-state index < -0.39 is 10.0 Å². The second-order valence-corrected chi connectivity index (χ2v) is 8.91. The van der Waals surface area contributed by atoms with E-state index in [2.05, 4.69) is 10.0 Å². The minimum absolute atomic E-state index is 0.0964. The number of ether oxygens (including phenoxy) is 1. The molecule has 4 rings (SSSR count). The molecular formula is C26H22N2O4S. The van der Waals surface area contributed by atoms with Gasteiger partial charge in [0.25, 0.3) is 15.9 Å². The van der Waals surface area contributed by atoms with Crippen molar-refractivity contribution in [2.24, 2.45) is 0 Å². The topological polar surface area (TPSA) is 84.5 Å². The number of sulfonamides is 1. The van der Waals surface area contributed by atoms with Crippen LogP contribution in [-0.2, 0) is 14.8 Å². The van der Waals surface area contributed by atoms with E-state index in [-0.39, 0.29) is 17.4 Å². The summed E-state index contributed by atoms with van der Waals surface area (Å²) in [6.45, 7) is -0.166. The van der Waals surface area contributed by atoms with Gasteiger partial charge in [0, 0.05) is 11.4 Å². The van der Waals surface area contributed by atoms with Gasteiger partial charge in [-0.3, -0.25) is 9.52 Å². The summed E-state index contributed by atoms with van der Waals surface area (Å²) < 4.78 is 33.1. The molecule has 0 fully saturated rings. The number of amides is 1. The highest BCUT2D eigenvalue weighted by Crippen LogP contribution is 2.22. The second kappa shape index (κ2) is 10.0. The number of para-hydroxylation sites is 1. The van der Waals surface area contributed by atoms with Crippen LogP contribution in [-0.4, -0.2) is 20.9 Å². The molecule has 166 valence electrons. The Morgan fingerprint density at radius 3 is 1.88 bits per heavy atom. The molecule has 0 radical (unpaired) electrons. The van der Waals surface area contributed by atoms with Crippen LogP contribution in [0, 0.1) is 0 Å². The second-order valence-electron chi connectivity index (χ2n) is 7.22. The van der Waals surface area contributed by atoms with Crippen molar-refractivity contribution in [3.8, 4) is 16.9 Å². The molecule has 0 spiro atoms. The fourth-order valence-electron chi connectivity index (χ4n) is 3.16. The van der Waals surface area contributed by atoms with E-state index in [9.17, 15) is 13.2 Å². The van der Waals surface area contributed by atoms with Crippen LogP contribution in [0.5, 0.6) is 5.75 Å². The number of hydrogen-bond donors (Lipinski definition) is 2. The largest absolute Gasteiger partial charge is 0.484 e. The van der Waals surface area contributed by atoms with Crippen molar-refractivity contribution in [1.82, 2.24) is 0 Å². The van der Waals surface area contributed by atoms with Gasteiger partial charge in [0.2, 0.25) is 0 Å². The lowest BCUT2D eigenvalue weighted by atomic mass is 10.1. The van der Waals surface area contributed by atoms with Crippen LogP contribution in [0.25, 0.3) is 11.1 Å². The summed E-state index contributed by atoms with van der Waals surface area (Å²) in [7, 11) is -3.72. The van der Waals surface area contributed by atoms with Crippen LogP contribution >= 0.6 is 0 Å². The average Bonchev–Trinajstić information content (AvgIpc) is 2.84. The maximum Gasteiger partial charge on any atom is 0.262 e. The molecule has 1 amide bonds. The standard InChI is InChI=1S/C26H22N2O4S/c29-26(19-32-24-15-11-21(12-16-24)20-7-3-1-4-8-20)27-22-13-17-25(18-14-22)33(30,31)28-23-9-5-2-6-10-23/h1-18,28H,19H2,(H,27,29). The highest BCUT2D eigenvalue weighted by molar-refractivity contribution is 7.92. The Morgan fingerprint density at radius 2 is 1.24 bits per heavy atom. The quantitative estimate of drug-likeness (QED) is 0.381. The molecule has 4 aromatic rings. The van der Waals surface area contributed by atoms with Gasteiger partial charge in [-0.05, 0) is 59.7 Å². The van der Waals surface area contributed by atoms with Crippen LogP contribution in [0.4, 0.5) is 11.4 Å². The molecule has 0 atom stereocenters. The SMILES string of the molecule is O=C(COc1ccc(-c2ccccc2)cc1)Nc1ccc(S(=O)(=O)Nc2ccccc2)cc1. The summed E-state index contributed by atoms with van der Waals surface area (Å²) in [5.74, 6) is 0.235. The van der Waals surface area contributed by atoms with Gasteiger partial charge in [0.15, 0.2) is 6.61 Å². The Balaban J connectivity index is 1.31. The summed E-state index contributed by atoms with van der Waals surface area (Å²) in [5, 5.41) is 2.70. The summed E-state index contributed by atoms with van der Waals surface area (Å²) in [4.78, 5) is 12.3. The fourth-order valence-corrected chi connectivity index (χ4v) is 4.22.